The largest absolute Gasteiger partial charge is 0.243 e. The van der Waals surface area contributed by atoms with Gasteiger partial charge in [-0.25, -0.2) is 17.1 Å². The number of nitrogens with zero attached hydrogens (tertiary/aromatic N) is 1. The summed E-state index contributed by atoms with van der Waals surface area (Å²) in [6.45, 7) is 2.03. The van der Waals surface area contributed by atoms with Crippen LogP contribution in [0.5, 0.6) is 0 Å². The first-order valence-electron chi connectivity index (χ1n) is 4.74. The number of benzene rings is 1. The molecule has 0 fully saturated rings. The van der Waals surface area contributed by atoms with E-state index >= 15 is 0 Å². The minimum absolute atomic E-state index is 0.0341. The molecule has 0 N–H and O–H groups in total. The van der Waals surface area contributed by atoms with Crippen molar-refractivity contribution in [1.82, 2.24) is 4.31 Å². The minimum atomic E-state index is -3.65. The zero-order valence-electron chi connectivity index (χ0n) is 9.07. The molecule has 0 saturated heterocycles. The van der Waals surface area contributed by atoms with Crippen LogP contribution in [0.3, 0.4) is 0 Å². The highest BCUT2D eigenvalue weighted by atomic mass is 35.5. The van der Waals surface area contributed by atoms with Crippen molar-refractivity contribution in [1.29, 1.82) is 0 Å². The van der Waals surface area contributed by atoms with Crippen LogP contribution < -0.4 is 0 Å². The molecule has 0 spiro atoms. The van der Waals surface area contributed by atoms with Gasteiger partial charge in [-0.3, -0.25) is 0 Å². The molecule has 0 saturated carbocycles. The summed E-state index contributed by atoms with van der Waals surface area (Å²) in [6, 6.07) is 3.58. The fourth-order valence-electron chi connectivity index (χ4n) is 1.22. The lowest BCUT2D eigenvalue weighted by molar-refractivity contribution is 0.484. The molecule has 90 valence electrons. The summed E-state index contributed by atoms with van der Waals surface area (Å²) < 4.78 is 38.2. The molecule has 0 atom stereocenters. The van der Waals surface area contributed by atoms with Gasteiger partial charge < -0.3 is 0 Å². The molecule has 3 nitrogen and oxygen atoms in total. The molecule has 16 heavy (non-hydrogen) atoms. The van der Waals surface area contributed by atoms with Crippen LogP contribution in [0, 0.1) is 5.82 Å². The first-order valence-corrected chi connectivity index (χ1v) is 6.71. The third-order valence-corrected chi connectivity index (χ3v) is 4.61. The SMILES string of the molecule is CCN(C)S(=O)(=O)c1cc(F)ccc1CCl. The number of halogens is 2. The summed E-state index contributed by atoms with van der Waals surface area (Å²) in [4.78, 5) is -0.0631. The average molecular weight is 266 g/mol. The quantitative estimate of drug-likeness (QED) is 0.783. The van der Waals surface area contributed by atoms with Crippen molar-refractivity contribution >= 4 is 21.6 Å². The van der Waals surface area contributed by atoms with Gasteiger partial charge in [0.05, 0.1) is 4.90 Å². The molecule has 0 aliphatic heterocycles. The van der Waals surface area contributed by atoms with E-state index < -0.39 is 15.8 Å². The van der Waals surface area contributed by atoms with Crippen LogP contribution in [0.25, 0.3) is 0 Å². The number of rotatable bonds is 4. The monoisotopic (exact) mass is 265 g/mol. The van der Waals surface area contributed by atoms with Crippen LogP contribution in [0.4, 0.5) is 4.39 Å². The maximum Gasteiger partial charge on any atom is 0.243 e. The number of hydrogen-bond donors (Lipinski definition) is 0. The molecule has 1 aromatic carbocycles. The van der Waals surface area contributed by atoms with Gasteiger partial charge in [0.25, 0.3) is 0 Å². The fourth-order valence-corrected chi connectivity index (χ4v) is 2.94. The molecule has 0 unspecified atom stereocenters. The molecule has 0 heterocycles. The van der Waals surface area contributed by atoms with Crippen LogP contribution >= 0.6 is 11.6 Å². The van der Waals surface area contributed by atoms with E-state index in [9.17, 15) is 12.8 Å². The molecule has 0 amide bonds. The van der Waals surface area contributed by atoms with E-state index in [1.54, 1.807) is 6.92 Å². The van der Waals surface area contributed by atoms with E-state index in [2.05, 4.69) is 0 Å². The zero-order valence-corrected chi connectivity index (χ0v) is 10.6. The molecular formula is C10H13ClFNO2S. The van der Waals surface area contributed by atoms with E-state index in [1.165, 1.54) is 19.2 Å². The highest BCUT2D eigenvalue weighted by Crippen LogP contribution is 2.22. The first-order chi connectivity index (χ1) is 7.43. The van der Waals surface area contributed by atoms with E-state index in [-0.39, 0.29) is 10.8 Å². The Hall–Kier alpha value is -0.650. The van der Waals surface area contributed by atoms with Gasteiger partial charge in [0.2, 0.25) is 10.0 Å². The van der Waals surface area contributed by atoms with Crippen LogP contribution in [0.1, 0.15) is 12.5 Å². The summed E-state index contributed by atoms with van der Waals surface area (Å²) in [5, 5.41) is 0. The number of hydrogen-bond acceptors (Lipinski definition) is 2. The molecule has 1 rings (SSSR count). The summed E-state index contributed by atoms with van der Waals surface area (Å²) in [6.07, 6.45) is 0. The second kappa shape index (κ2) is 5.12. The Bertz CT molecular complexity index is 476. The van der Waals surface area contributed by atoms with Gasteiger partial charge in [-0.15, -0.1) is 11.6 Å². The van der Waals surface area contributed by atoms with Gasteiger partial charge in [-0.1, -0.05) is 13.0 Å². The molecule has 0 aliphatic carbocycles. The second-order valence-corrected chi connectivity index (χ2v) is 5.59. The summed E-state index contributed by atoms with van der Waals surface area (Å²) in [5.41, 5.74) is 0.406. The third-order valence-electron chi connectivity index (χ3n) is 2.31. The Morgan fingerprint density at radius 1 is 1.44 bits per heavy atom. The summed E-state index contributed by atoms with van der Waals surface area (Å²) in [7, 11) is -2.20. The fraction of sp³-hybridized carbons (Fsp3) is 0.400. The predicted molar refractivity (Wildman–Crippen MR) is 61.4 cm³/mol. The Morgan fingerprint density at radius 2 is 2.06 bits per heavy atom. The lowest BCUT2D eigenvalue weighted by atomic mass is 10.2. The van der Waals surface area contributed by atoms with E-state index in [0.29, 0.717) is 12.1 Å². The van der Waals surface area contributed by atoms with Crippen molar-refractivity contribution in [3.63, 3.8) is 0 Å². The lowest BCUT2D eigenvalue weighted by Gasteiger charge is -2.16. The smallest absolute Gasteiger partial charge is 0.207 e. The Kier molecular flexibility index (Phi) is 4.29. The zero-order chi connectivity index (χ0) is 12.3. The lowest BCUT2D eigenvalue weighted by Crippen LogP contribution is -2.27. The number of sulfonamides is 1. The van der Waals surface area contributed by atoms with Gasteiger partial charge in [-0.2, -0.15) is 0 Å². The van der Waals surface area contributed by atoms with E-state index in [4.69, 9.17) is 11.6 Å². The molecule has 0 radical (unpaired) electrons. The molecular weight excluding hydrogens is 253 g/mol. The second-order valence-electron chi connectivity index (χ2n) is 3.30. The minimum Gasteiger partial charge on any atom is -0.207 e. The van der Waals surface area contributed by atoms with Crippen molar-refractivity contribution in [2.24, 2.45) is 0 Å². The van der Waals surface area contributed by atoms with Gasteiger partial charge in [0.1, 0.15) is 5.82 Å². The first kappa shape index (κ1) is 13.4. The highest BCUT2D eigenvalue weighted by molar-refractivity contribution is 7.89. The highest BCUT2D eigenvalue weighted by Gasteiger charge is 2.22. The van der Waals surface area contributed by atoms with Crippen molar-refractivity contribution in [2.75, 3.05) is 13.6 Å². The average Bonchev–Trinajstić information content (AvgIpc) is 2.27. The molecule has 0 bridgehead atoms. The molecule has 6 heteroatoms. The van der Waals surface area contributed by atoms with Crippen LogP contribution in [0.2, 0.25) is 0 Å². The summed E-state index contributed by atoms with van der Waals surface area (Å²) in [5.74, 6) is -0.552. The van der Waals surface area contributed by atoms with E-state index in [1.807, 2.05) is 0 Å². The van der Waals surface area contributed by atoms with Gasteiger partial charge in [0, 0.05) is 19.5 Å². The molecule has 0 aliphatic rings. The van der Waals surface area contributed by atoms with Crippen molar-refractivity contribution in [3.05, 3.63) is 29.6 Å². The predicted octanol–water partition coefficient (Wildman–Crippen LogP) is 2.20. The van der Waals surface area contributed by atoms with Crippen LogP contribution in [0.15, 0.2) is 23.1 Å². The normalized spacial score (nSPS) is 12.1. The van der Waals surface area contributed by atoms with Gasteiger partial charge in [0.15, 0.2) is 0 Å². The number of alkyl halides is 1. The molecule has 1 aromatic rings. The standard InChI is InChI=1S/C10H13ClFNO2S/c1-3-13(2)16(14,15)10-6-9(12)5-4-8(10)7-11/h4-6H,3,7H2,1-2H3. The van der Waals surface area contributed by atoms with Crippen LogP contribution in [-0.4, -0.2) is 26.3 Å². The van der Waals surface area contributed by atoms with Gasteiger partial charge >= 0.3 is 0 Å². The van der Waals surface area contributed by atoms with Crippen LogP contribution in [-0.2, 0) is 15.9 Å². The summed E-state index contributed by atoms with van der Waals surface area (Å²) >= 11 is 5.63. The maximum atomic E-state index is 13.1. The van der Waals surface area contributed by atoms with E-state index in [0.717, 1.165) is 10.4 Å². The maximum absolute atomic E-state index is 13.1. The third kappa shape index (κ3) is 2.53. The topological polar surface area (TPSA) is 37.4 Å². The Morgan fingerprint density at radius 3 is 2.56 bits per heavy atom. The van der Waals surface area contributed by atoms with Gasteiger partial charge in [-0.05, 0) is 17.7 Å². The molecule has 0 aromatic heterocycles. The van der Waals surface area contributed by atoms with Crippen molar-refractivity contribution < 1.29 is 12.8 Å². The van der Waals surface area contributed by atoms with Crippen molar-refractivity contribution in [3.8, 4) is 0 Å². The Labute approximate surface area is 99.9 Å². The van der Waals surface area contributed by atoms with Crippen molar-refractivity contribution in [2.45, 2.75) is 17.7 Å². The Balaban J connectivity index is 3.37.